The van der Waals surface area contributed by atoms with Crippen molar-refractivity contribution >= 4 is 17.5 Å². The number of esters is 2. The Morgan fingerprint density at radius 3 is 2.43 bits per heavy atom. The van der Waals surface area contributed by atoms with Gasteiger partial charge >= 0.3 is 11.9 Å². The fraction of sp³-hybridized carbons (Fsp3) is 0.333. The second-order valence-corrected chi connectivity index (χ2v) is 3.92. The Morgan fingerprint density at radius 1 is 1.19 bits per heavy atom. The summed E-state index contributed by atoms with van der Waals surface area (Å²) in [4.78, 5) is 23.5. The van der Waals surface area contributed by atoms with Crippen molar-refractivity contribution in [3.8, 4) is 11.5 Å². The lowest BCUT2D eigenvalue weighted by molar-refractivity contribution is -0.139. The van der Waals surface area contributed by atoms with Crippen molar-refractivity contribution in [2.75, 3.05) is 20.3 Å². The molecule has 114 valence electrons. The third-order valence-electron chi connectivity index (χ3n) is 2.53. The molecular weight excluding hydrogens is 276 g/mol. The van der Waals surface area contributed by atoms with Gasteiger partial charge in [0.1, 0.15) is 0 Å². The van der Waals surface area contributed by atoms with Crippen molar-refractivity contribution in [3.63, 3.8) is 0 Å². The van der Waals surface area contributed by atoms with Gasteiger partial charge in [0.2, 0.25) is 0 Å². The first kappa shape index (κ1) is 16.6. The Morgan fingerprint density at radius 2 is 1.86 bits per heavy atom. The molecule has 0 unspecified atom stereocenters. The summed E-state index contributed by atoms with van der Waals surface area (Å²) in [5.74, 6) is -1.18. The molecule has 0 aromatic heterocycles. The lowest BCUT2D eigenvalue weighted by Gasteiger charge is -2.10. The fourth-order valence-electron chi connectivity index (χ4n) is 1.62. The summed E-state index contributed by atoms with van der Waals surface area (Å²) < 4.78 is 14.7. The van der Waals surface area contributed by atoms with Gasteiger partial charge in [0, 0.05) is 6.08 Å². The highest BCUT2D eigenvalue weighted by Gasteiger charge is 2.17. The lowest BCUT2D eigenvalue weighted by Crippen LogP contribution is -2.10. The number of methoxy groups -OCH3 is 1. The summed E-state index contributed by atoms with van der Waals surface area (Å²) in [5, 5.41) is 9.57. The summed E-state index contributed by atoms with van der Waals surface area (Å²) in [7, 11) is 1.39. The summed E-state index contributed by atoms with van der Waals surface area (Å²) in [6.45, 7) is 3.70. The average Bonchev–Trinajstić information content (AvgIpc) is 2.46. The predicted octanol–water partition coefficient (Wildman–Crippen LogP) is 1.91. The van der Waals surface area contributed by atoms with E-state index in [1.165, 1.54) is 25.3 Å². The van der Waals surface area contributed by atoms with Crippen LogP contribution in [0, 0.1) is 0 Å². The van der Waals surface area contributed by atoms with Crippen molar-refractivity contribution in [1.29, 1.82) is 0 Å². The highest BCUT2D eigenvalue weighted by atomic mass is 16.5. The van der Waals surface area contributed by atoms with Gasteiger partial charge in [-0.05, 0) is 31.5 Å². The molecule has 0 aliphatic heterocycles. The number of ether oxygens (including phenoxy) is 3. The minimum atomic E-state index is -0.654. The number of rotatable bonds is 6. The highest BCUT2D eigenvalue weighted by molar-refractivity contribution is 6.20. The third-order valence-corrected chi connectivity index (χ3v) is 2.53. The molecule has 21 heavy (non-hydrogen) atoms. The van der Waals surface area contributed by atoms with Gasteiger partial charge in [-0.3, -0.25) is 0 Å². The summed E-state index contributed by atoms with van der Waals surface area (Å²) in [6, 6.07) is 4.30. The fourth-order valence-corrected chi connectivity index (χ4v) is 1.62. The highest BCUT2D eigenvalue weighted by Crippen LogP contribution is 2.29. The van der Waals surface area contributed by atoms with E-state index in [0.29, 0.717) is 5.56 Å². The van der Waals surface area contributed by atoms with E-state index in [9.17, 15) is 14.7 Å². The molecule has 0 aliphatic carbocycles. The Kier molecular flexibility index (Phi) is 6.26. The van der Waals surface area contributed by atoms with E-state index in [2.05, 4.69) is 0 Å². The van der Waals surface area contributed by atoms with Gasteiger partial charge in [-0.2, -0.15) is 0 Å². The smallest absolute Gasteiger partial charge is 0.338 e. The number of hydrogen-bond donors (Lipinski definition) is 1. The third kappa shape index (κ3) is 4.52. The molecule has 0 spiro atoms. The SMILES string of the molecule is CCOC(=O)C=C(C(=O)OCC)c1ccc(O)c(OC)c1. The van der Waals surface area contributed by atoms with Crippen molar-refractivity contribution in [3.05, 3.63) is 29.8 Å². The minimum Gasteiger partial charge on any atom is -0.504 e. The molecule has 0 aliphatic rings. The first-order chi connectivity index (χ1) is 10.0. The number of aromatic hydroxyl groups is 1. The molecule has 0 atom stereocenters. The molecular formula is C15H18O6. The zero-order valence-electron chi connectivity index (χ0n) is 12.2. The standard InChI is InChI=1S/C15H18O6/c1-4-20-14(17)9-11(15(18)21-5-2)10-6-7-12(16)13(8-10)19-3/h6-9,16H,4-5H2,1-3H3. The van der Waals surface area contributed by atoms with E-state index in [1.807, 2.05) is 0 Å². The number of benzene rings is 1. The number of phenolic OH excluding ortho intramolecular Hbond substituents is 1. The Hall–Kier alpha value is -2.50. The van der Waals surface area contributed by atoms with E-state index < -0.39 is 11.9 Å². The van der Waals surface area contributed by atoms with Crippen molar-refractivity contribution in [1.82, 2.24) is 0 Å². The molecule has 0 saturated carbocycles. The molecule has 0 radical (unpaired) electrons. The first-order valence-corrected chi connectivity index (χ1v) is 6.46. The normalized spacial score (nSPS) is 10.9. The van der Waals surface area contributed by atoms with Gasteiger partial charge in [0.25, 0.3) is 0 Å². The number of hydrogen-bond acceptors (Lipinski definition) is 6. The van der Waals surface area contributed by atoms with E-state index in [-0.39, 0.29) is 30.3 Å². The molecule has 6 heteroatoms. The monoisotopic (exact) mass is 294 g/mol. The molecule has 0 saturated heterocycles. The maximum absolute atomic E-state index is 12.0. The zero-order valence-corrected chi connectivity index (χ0v) is 12.2. The van der Waals surface area contributed by atoms with Crippen LogP contribution in [0.4, 0.5) is 0 Å². The van der Waals surface area contributed by atoms with Gasteiger partial charge in [-0.25, -0.2) is 9.59 Å². The van der Waals surface area contributed by atoms with Crippen molar-refractivity contribution in [2.24, 2.45) is 0 Å². The summed E-state index contributed by atoms with van der Waals surface area (Å²) in [6.07, 6.45) is 1.06. The molecule has 6 nitrogen and oxygen atoms in total. The molecule has 0 fully saturated rings. The Labute approximate surface area is 122 Å². The quantitative estimate of drug-likeness (QED) is 0.637. The van der Waals surface area contributed by atoms with Crippen molar-refractivity contribution < 1.29 is 28.9 Å². The van der Waals surface area contributed by atoms with E-state index >= 15 is 0 Å². The Bertz CT molecular complexity index is 547. The van der Waals surface area contributed by atoms with Crippen molar-refractivity contribution in [2.45, 2.75) is 13.8 Å². The van der Waals surface area contributed by atoms with E-state index in [4.69, 9.17) is 14.2 Å². The first-order valence-electron chi connectivity index (χ1n) is 6.46. The zero-order chi connectivity index (χ0) is 15.8. The second kappa shape index (κ2) is 7.94. The summed E-state index contributed by atoms with van der Waals surface area (Å²) in [5.41, 5.74) is 0.421. The largest absolute Gasteiger partial charge is 0.504 e. The van der Waals surface area contributed by atoms with Crippen LogP contribution in [0.3, 0.4) is 0 Å². The minimum absolute atomic E-state index is 0.0357. The van der Waals surface area contributed by atoms with Gasteiger partial charge in [-0.15, -0.1) is 0 Å². The molecule has 0 amide bonds. The van der Waals surface area contributed by atoms with Gasteiger partial charge in [0.15, 0.2) is 11.5 Å². The van der Waals surface area contributed by atoms with Gasteiger partial charge < -0.3 is 19.3 Å². The maximum atomic E-state index is 12.0. The summed E-state index contributed by atoms with van der Waals surface area (Å²) >= 11 is 0. The van der Waals surface area contributed by atoms with Gasteiger partial charge in [-0.1, -0.05) is 6.07 Å². The predicted molar refractivity (Wildman–Crippen MR) is 75.9 cm³/mol. The molecule has 0 bridgehead atoms. The van der Waals surface area contributed by atoms with E-state index in [0.717, 1.165) is 6.08 Å². The van der Waals surface area contributed by atoms with E-state index in [1.54, 1.807) is 13.8 Å². The van der Waals surface area contributed by atoms with Crippen LogP contribution in [0.15, 0.2) is 24.3 Å². The Balaban J connectivity index is 3.23. The second-order valence-electron chi connectivity index (χ2n) is 3.92. The van der Waals surface area contributed by atoms with Crippen LogP contribution in [-0.4, -0.2) is 37.4 Å². The lowest BCUT2D eigenvalue weighted by atomic mass is 10.0. The molecule has 1 aromatic carbocycles. The molecule has 0 heterocycles. The number of phenols is 1. The maximum Gasteiger partial charge on any atom is 0.338 e. The molecule has 1 rings (SSSR count). The van der Waals surface area contributed by atoms with Crippen LogP contribution in [0.2, 0.25) is 0 Å². The van der Waals surface area contributed by atoms with Crippen LogP contribution >= 0.6 is 0 Å². The number of carbonyl (C=O) groups excluding carboxylic acids is 2. The number of carbonyl (C=O) groups is 2. The average molecular weight is 294 g/mol. The van der Waals surface area contributed by atoms with Crippen LogP contribution in [0.1, 0.15) is 19.4 Å². The van der Waals surface area contributed by atoms with Crippen LogP contribution < -0.4 is 4.74 Å². The van der Waals surface area contributed by atoms with Crippen LogP contribution in [-0.2, 0) is 19.1 Å². The van der Waals surface area contributed by atoms with Gasteiger partial charge in [0.05, 0.1) is 25.9 Å². The molecule has 1 N–H and O–H groups in total. The molecule has 1 aromatic rings. The van der Waals surface area contributed by atoms with Crippen LogP contribution in [0.25, 0.3) is 5.57 Å². The van der Waals surface area contributed by atoms with Crippen LogP contribution in [0.5, 0.6) is 11.5 Å². The topological polar surface area (TPSA) is 82.1 Å².